The highest BCUT2D eigenvalue weighted by molar-refractivity contribution is 5.77. The van der Waals surface area contributed by atoms with Crippen molar-refractivity contribution in [3.63, 3.8) is 0 Å². The Morgan fingerprint density at radius 2 is 1.94 bits per heavy atom. The largest absolute Gasteiger partial charge is 0.393 e. The highest BCUT2D eigenvalue weighted by Crippen LogP contribution is 2.38. The molecule has 1 saturated heterocycles. The number of aliphatic hydroxyl groups excluding tert-OH is 1. The standard InChI is InChI=1S/C14H23NO2/c16-13-5-1-3-11(13)12-4-2-8-15(12)14(17)9-10-6-7-10/h10-13,16H,1-9H2. The van der Waals surface area contributed by atoms with Crippen LogP contribution < -0.4 is 0 Å². The zero-order valence-electron chi connectivity index (χ0n) is 10.5. The zero-order chi connectivity index (χ0) is 11.8. The molecule has 1 aliphatic heterocycles. The van der Waals surface area contributed by atoms with Crippen molar-refractivity contribution in [1.29, 1.82) is 0 Å². The summed E-state index contributed by atoms with van der Waals surface area (Å²) in [5, 5.41) is 10.0. The van der Waals surface area contributed by atoms with Crippen LogP contribution in [0.2, 0.25) is 0 Å². The number of hydrogen-bond donors (Lipinski definition) is 1. The topological polar surface area (TPSA) is 40.5 Å². The molecule has 0 radical (unpaired) electrons. The molecule has 2 aliphatic carbocycles. The molecule has 96 valence electrons. The third kappa shape index (κ3) is 2.35. The van der Waals surface area contributed by atoms with Crippen LogP contribution in [0.25, 0.3) is 0 Å². The predicted molar refractivity (Wildman–Crippen MR) is 65.4 cm³/mol. The van der Waals surface area contributed by atoms with E-state index in [2.05, 4.69) is 4.90 Å². The molecule has 1 heterocycles. The van der Waals surface area contributed by atoms with E-state index in [0.29, 0.717) is 23.8 Å². The van der Waals surface area contributed by atoms with Crippen molar-refractivity contribution >= 4 is 5.91 Å². The summed E-state index contributed by atoms with van der Waals surface area (Å²) in [5.41, 5.74) is 0. The molecule has 1 amide bonds. The van der Waals surface area contributed by atoms with E-state index in [-0.39, 0.29) is 6.10 Å². The average molecular weight is 237 g/mol. The van der Waals surface area contributed by atoms with Gasteiger partial charge in [-0.25, -0.2) is 0 Å². The molecule has 2 saturated carbocycles. The third-order valence-corrected chi connectivity index (χ3v) is 4.81. The second-order valence-corrected chi connectivity index (χ2v) is 6.11. The molecule has 3 heteroatoms. The first kappa shape index (κ1) is 11.5. The molecule has 17 heavy (non-hydrogen) atoms. The van der Waals surface area contributed by atoms with Crippen molar-refractivity contribution in [2.24, 2.45) is 11.8 Å². The molecule has 3 fully saturated rings. The van der Waals surface area contributed by atoms with Crippen LogP contribution in [0, 0.1) is 11.8 Å². The number of hydrogen-bond acceptors (Lipinski definition) is 2. The predicted octanol–water partition coefficient (Wildman–Crippen LogP) is 1.94. The van der Waals surface area contributed by atoms with Crippen LogP contribution in [-0.4, -0.2) is 34.6 Å². The highest BCUT2D eigenvalue weighted by atomic mass is 16.3. The van der Waals surface area contributed by atoms with Crippen molar-refractivity contribution in [1.82, 2.24) is 4.90 Å². The first-order valence-electron chi connectivity index (χ1n) is 7.23. The van der Waals surface area contributed by atoms with Gasteiger partial charge < -0.3 is 10.0 Å². The lowest BCUT2D eigenvalue weighted by Crippen LogP contribution is -2.42. The molecule has 3 atom stereocenters. The maximum atomic E-state index is 12.2. The lowest BCUT2D eigenvalue weighted by molar-refractivity contribution is -0.133. The fourth-order valence-corrected chi connectivity index (χ4v) is 3.65. The number of carbonyl (C=O) groups is 1. The van der Waals surface area contributed by atoms with E-state index in [1.807, 2.05) is 0 Å². The van der Waals surface area contributed by atoms with Crippen molar-refractivity contribution in [3.8, 4) is 0 Å². The molecular formula is C14H23NO2. The normalized spacial score (nSPS) is 37.7. The number of nitrogens with zero attached hydrogens (tertiary/aromatic N) is 1. The van der Waals surface area contributed by atoms with Gasteiger partial charge in [-0.05, 0) is 44.4 Å². The fourth-order valence-electron chi connectivity index (χ4n) is 3.65. The number of carbonyl (C=O) groups excluding carboxylic acids is 1. The molecule has 3 nitrogen and oxygen atoms in total. The summed E-state index contributed by atoms with van der Waals surface area (Å²) in [6.07, 6.45) is 8.51. The second kappa shape index (κ2) is 4.60. The van der Waals surface area contributed by atoms with E-state index in [0.717, 1.165) is 45.1 Å². The Balaban J connectivity index is 1.63. The Bertz CT molecular complexity index is 301. The van der Waals surface area contributed by atoms with Gasteiger partial charge in [0.25, 0.3) is 0 Å². The highest BCUT2D eigenvalue weighted by Gasteiger charge is 2.40. The maximum Gasteiger partial charge on any atom is 0.223 e. The Kier molecular flexibility index (Phi) is 3.12. The van der Waals surface area contributed by atoms with Gasteiger partial charge in [0.05, 0.1) is 6.10 Å². The summed E-state index contributed by atoms with van der Waals surface area (Å²) < 4.78 is 0. The van der Waals surface area contributed by atoms with Gasteiger partial charge in [0, 0.05) is 24.9 Å². The Morgan fingerprint density at radius 3 is 2.59 bits per heavy atom. The van der Waals surface area contributed by atoms with E-state index >= 15 is 0 Å². The molecule has 0 spiro atoms. The number of rotatable bonds is 3. The monoisotopic (exact) mass is 237 g/mol. The average Bonchev–Trinajstić information content (AvgIpc) is 2.83. The van der Waals surface area contributed by atoms with Crippen LogP contribution >= 0.6 is 0 Å². The summed E-state index contributed by atoms with van der Waals surface area (Å²) in [6.45, 7) is 0.930. The Morgan fingerprint density at radius 1 is 1.12 bits per heavy atom. The molecular weight excluding hydrogens is 214 g/mol. The first-order chi connectivity index (χ1) is 8.25. The molecule has 0 aromatic heterocycles. The maximum absolute atomic E-state index is 12.2. The molecule has 3 aliphatic rings. The molecule has 3 rings (SSSR count). The van der Waals surface area contributed by atoms with Gasteiger partial charge in [0.1, 0.15) is 0 Å². The lowest BCUT2D eigenvalue weighted by Gasteiger charge is -2.31. The van der Waals surface area contributed by atoms with E-state index in [9.17, 15) is 9.90 Å². The van der Waals surface area contributed by atoms with Gasteiger partial charge in [-0.3, -0.25) is 4.79 Å². The van der Waals surface area contributed by atoms with E-state index in [4.69, 9.17) is 0 Å². The van der Waals surface area contributed by atoms with E-state index in [1.165, 1.54) is 12.8 Å². The number of likely N-dealkylation sites (tertiary alicyclic amines) is 1. The first-order valence-corrected chi connectivity index (χ1v) is 7.23. The van der Waals surface area contributed by atoms with Crippen molar-refractivity contribution < 1.29 is 9.90 Å². The van der Waals surface area contributed by atoms with Crippen molar-refractivity contribution in [2.45, 2.75) is 63.5 Å². The van der Waals surface area contributed by atoms with Gasteiger partial charge in [0.15, 0.2) is 0 Å². The summed E-state index contributed by atoms with van der Waals surface area (Å²) in [5.74, 6) is 1.40. The van der Waals surface area contributed by atoms with Crippen molar-refractivity contribution in [3.05, 3.63) is 0 Å². The van der Waals surface area contributed by atoms with Gasteiger partial charge in [-0.1, -0.05) is 6.42 Å². The summed E-state index contributed by atoms with van der Waals surface area (Å²) in [6, 6.07) is 0.346. The van der Waals surface area contributed by atoms with Gasteiger partial charge in [0.2, 0.25) is 5.91 Å². The smallest absolute Gasteiger partial charge is 0.223 e. The van der Waals surface area contributed by atoms with E-state index in [1.54, 1.807) is 0 Å². The minimum absolute atomic E-state index is 0.158. The van der Waals surface area contributed by atoms with Crippen LogP contribution in [0.4, 0.5) is 0 Å². The van der Waals surface area contributed by atoms with Crippen LogP contribution in [0.3, 0.4) is 0 Å². The van der Waals surface area contributed by atoms with Crippen LogP contribution in [0.1, 0.15) is 51.4 Å². The number of amides is 1. The number of aliphatic hydroxyl groups is 1. The van der Waals surface area contributed by atoms with Crippen molar-refractivity contribution in [2.75, 3.05) is 6.54 Å². The van der Waals surface area contributed by atoms with Gasteiger partial charge in [-0.15, -0.1) is 0 Å². The van der Waals surface area contributed by atoms with Crippen LogP contribution in [-0.2, 0) is 4.79 Å². The van der Waals surface area contributed by atoms with Gasteiger partial charge in [-0.2, -0.15) is 0 Å². The third-order valence-electron chi connectivity index (χ3n) is 4.81. The van der Waals surface area contributed by atoms with Crippen LogP contribution in [0.15, 0.2) is 0 Å². The van der Waals surface area contributed by atoms with E-state index < -0.39 is 0 Å². The second-order valence-electron chi connectivity index (χ2n) is 6.11. The summed E-state index contributed by atoms with van der Waals surface area (Å²) in [7, 11) is 0. The SMILES string of the molecule is O=C(CC1CC1)N1CCCC1C1CCCC1O. The molecule has 0 bridgehead atoms. The fraction of sp³-hybridized carbons (Fsp3) is 0.929. The van der Waals surface area contributed by atoms with Crippen LogP contribution in [0.5, 0.6) is 0 Å². The summed E-state index contributed by atoms with van der Waals surface area (Å²) in [4.78, 5) is 14.3. The van der Waals surface area contributed by atoms with Gasteiger partial charge >= 0.3 is 0 Å². The Hall–Kier alpha value is -0.570. The molecule has 0 aromatic carbocycles. The zero-order valence-corrected chi connectivity index (χ0v) is 10.5. The molecule has 1 N–H and O–H groups in total. The Labute approximate surface area is 103 Å². The molecule has 3 unspecified atom stereocenters. The summed E-state index contributed by atoms with van der Waals surface area (Å²) >= 11 is 0. The minimum Gasteiger partial charge on any atom is -0.393 e. The molecule has 0 aromatic rings. The quantitative estimate of drug-likeness (QED) is 0.815. The lowest BCUT2D eigenvalue weighted by atomic mass is 9.94. The minimum atomic E-state index is -0.158.